The van der Waals surface area contributed by atoms with Crippen LogP contribution in [0.1, 0.15) is 60.9 Å². The molecule has 1 heterocycles. The first-order chi connectivity index (χ1) is 21.8. The SMILES string of the molecule is C[Si](C)(C)CCOC(=O)C1C(Cn2nnc3ccc(C(F)(F)F)cc3c2=O)CCC1C(=O)c1ccc(OCC2CCCCC2)cc1. The summed E-state index contributed by atoms with van der Waals surface area (Å²) in [5.74, 6) is -1.49. The van der Waals surface area contributed by atoms with Gasteiger partial charge in [0.25, 0.3) is 5.56 Å². The number of ketones is 1. The molecule has 0 saturated heterocycles. The summed E-state index contributed by atoms with van der Waals surface area (Å²) in [7, 11) is -1.51. The maximum Gasteiger partial charge on any atom is 0.416 e. The zero-order valence-corrected chi connectivity index (χ0v) is 27.6. The zero-order valence-electron chi connectivity index (χ0n) is 26.6. The predicted octanol–water partition coefficient (Wildman–Crippen LogP) is 7.18. The molecule has 0 bridgehead atoms. The van der Waals surface area contributed by atoms with Gasteiger partial charge < -0.3 is 9.47 Å². The molecular weight excluding hydrogens is 615 g/mol. The lowest BCUT2D eigenvalue weighted by molar-refractivity contribution is -0.150. The van der Waals surface area contributed by atoms with E-state index in [1.54, 1.807) is 24.3 Å². The van der Waals surface area contributed by atoms with Crippen LogP contribution < -0.4 is 10.3 Å². The van der Waals surface area contributed by atoms with Crippen molar-refractivity contribution in [3.63, 3.8) is 0 Å². The number of carbonyl (C=O) groups is 2. The van der Waals surface area contributed by atoms with Crippen LogP contribution >= 0.6 is 0 Å². The number of esters is 1. The lowest BCUT2D eigenvalue weighted by atomic mass is 9.84. The molecule has 0 spiro atoms. The van der Waals surface area contributed by atoms with E-state index in [-0.39, 0.29) is 29.8 Å². The number of hydrogen-bond donors (Lipinski definition) is 0. The highest BCUT2D eigenvalue weighted by Crippen LogP contribution is 2.41. The van der Waals surface area contributed by atoms with Gasteiger partial charge in [0.05, 0.1) is 36.6 Å². The molecule has 12 heteroatoms. The fourth-order valence-electron chi connectivity index (χ4n) is 6.58. The van der Waals surface area contributed by atoms with Gasteiger partial charge in [-0.25, -0.2) is 4.68 Å². The lowest BCUT2D eigenvalue weighted by Gasteiger charge is -2.24. The van der Waals surface area contributed by atoms with Crippen molar-refractivity contribution in [3.8, 4) is 5.75 Å². The molecule has 0 radical (unpaired) electrons. The fourth-order valence-corrected chi connectivity index (χ4v) is 7.30. The number of ether oxygens (including phenoxy) is 2. The van der Waals surface area contributed by atoms with Crippen LogP contribution in [0.2, 0.25) is 25.7 Å². The van der Waals surface area contributed by atoms with Crippen molar-refractivity contribution in [2.75, 3.05) is 13.2 Å². The van der Waals surface area contributed by atoms with E-state index in [0.29, 0.717) is 36.7 Å². The molecule has 1 aromatic heterocycles. The van der Waals surface area contributed by atoms with Gasteiger partial charge in [-0.3, -0.25) is 14.4 Å². The Bertz CT molecular complexity index is 1600. The van der Waals surface area contributed by atoms with Crippen molar-refractivity contribution in [2.45, 2.75) is 83.4 Å². The van der Waals surface area contributed by atoms with E-state index in [1.807, 2.05) is 0 Å². The molecule has 0 aliphatic heterocycles. The summed E-state index contributed by atoms with van der Waals surface area (Å²) in [5.41, 5.74) is -1.20. The Hall–Kier alpha value is -3.54. The van der Waals surface area contributed by atoms with Crippen molar-refractivity contribution in [1.29, 1.82) is 0 Å². The molecule has 8 nitrogen and oxygen atoms in total. The Labute approximate surface area is 267 Å². The van der Waals surface area contributed by atoms with Crippen molar-refractivity contribution in [3.05, 3.63) is 63.9 Å². The Morgan fingerprint density at radius 2 is 1.70 bits per heavy atom. The molecule has 0 amide bonds. The number of carbonyl (C=O) groups excluding carboxylic acids is 2. The summed E-state index contributed by atoms with van der Waals surface area (Å²) >= 11 is 0. The Kier molecular flexibility index (Phi) is 10.3. The molecule has 2 fully saturated rings. The highest BCUT2D eigenvalue weighted by Gasteiger charge is 2.46. The van der Waals surface area contributed by atoms with Crippen molar-refractivity contribution in [1.82, 2.24) is 15.0 Å². The van der Waals surface area contributed by atoms with Gasteiger partial charge >= 0.3 is 12.1 Å². The Balaban J connectivity index is 1.35. The van der Waals surface area contributed by atoms with Crippen LogP contribution in [0.15, 0.2) is 47.3 Å². The molecule has 2 aromatic carbocycles. The third kappa shape index (κ3) is 8.23. The molecule has 5 rings (SSSR count). The van der Waals surface area contributed by atoms with Gasteiger partial charge in [0, 0.05) is 19.6 Å². The van der Waals surface area contributed by atoms with E-state index in [2.05, 4.69) is 30.0 Å². The Morgan fingerprint density at radius 1 is 0.978 bits per heavy atom. The first kappa shape index (κ1) is 33.8. The lowest BCUT2D eigenvalue weighted by Crippen LogP contribution is -2.36. The monoisotopic (exact) mass is 657 g/mol. The van der Waals surface area contributed by atoms with Gasteiger partial charge in [-0.15, -0.1) is 5.10 Å². The molecule has 248 valence electrons. The average Bonchev–Trinajstić information content (AvgIpc) is 3.44. The molecule has 3 atom stereocenters. The fraction of sp³-hybridized carbons (Fsp3) is 0.559. The van der Waals surface area contributed by atoms with Gasteiger partial charge in [0.1, 0.15) is 11.3 Å². The maximum absolute atomic E-state index is 13.8. The van der Waals surface area contributed by atoms with E-state index >= 15 is 0 Å². The molecule has 46 heavy (non-hydrogen) atoms. The molecule has 3 unspecified atom stereocenters. The second-order valence-corrected chi connectivity index (χ2v) is 19.6. The number of hydrogen-bond acceptors (Lipinski definition) is 7. The van der Waals surface area contributed by atoms with Crippen LogP contribution in [0.4, 0.5) is 13.2 Å². The summed E-state index contributed by atoms with van der Waals surface area (Å²) in [4.78, 5) is 40.7. The standard InChI is InChI=1S/C34H42F3N3O5Si/c1-46(2,3)18-17-44-33(43)30-24(20-40-32(42)28-19-25(34(35,36)37)12-16-29(28)38-39-40)11-15-27(30)31(41)23-9-13-26(14-10-23)45-21-22-7-5-4-6-8-22/h9-10,12-14,16,19,22,24,27,30H,4-8,11,15,17-18,20-21H2,1-3H3. The number of halogens is 3. The summed E-state index contributed by atoms with van der Waals surface area (Å²) in [6.45, 7) is 7.32. The van der Waals surface area contributed by atoms with Crippen molar-refractivity contribution >= 4 is 30.7 Å². The highest BCUT2D eigenvalue weighted by molar-refractivity contribution is 6.76. The summed E-state index contributed by atoms with van der Waals surface area (Å²) in [6.07, 6.45) is 2.27. The van der Waals surface area contributed by atoms with Gasteiger partial charge in [-0.1, -0.05) is 44.1 Å². The van der Waals surface area contributed by atoms with Gasteiger partial charge in [-0.2, -0.15) is 13.2 Å². The molecule has 2 saturated carbocycles. The van der Waals surface area contributed by atoms with E-state index in [4.69, 9.17) is 9.47 Å². The molecule has 3 aromatic rings. The van der Waals surface area contributed by atoms with Gasteiger partial charge in [0.2, 0.25) is 0 Å². The van der Waals surface area contributed by atoms with Crippen molar-refractivity contribution in [2.24, 2.45) is 23.7 Å². The summed E-state index contributed by atoms with van der Waals surface area (Å²) in [5, 5.41) is 7.72. The number of aromatic nitrogens is 3. The number of benzene rings is 2. The average molecular weight is 658 g/mol. The van der Waals surface area contributed by atoms with Crippen LogP contribution in [-0.2, 0) is 22.3 Å². The van der Waals surface area contributed by atoms with Crippen LogP contribution in [0, 0.1) is 23.7 Å². The highest BCUT2D eigenvalue weighted by atomic mass is 28.3. The first-order valence-corrected chi connectivity index (χ1v) is 19.9. The van der Waals surface area contributed by atoms with E-state index in [9.17, 15) is 27.6 Å². The van der Waals surface area contributed by atoms with Crippen LogP contribution in [0.25, 0.3) is 10.9 Å². The molecular formula is C34H42F3N3O5Si. The predicted molar refractivity (Wildman–Crippen MR) is 170 cm³/mol. The molecule has 2 aliphatic carbocycles. The minimum Gasteiger partial charge on any atom is -0.493 e. The first-order valence-electron chi connectivity index (χ1n) is 16.2. The van der Waals surface area contributed by atoms with Gasteiger partial charge in [-0.05, 0) is 86.0 Å². The topological polar surface area (TPSA) is 100 Å². The number of rotatable bonds is 11. The number of alkyl halides is 3. The zero-order chi connectivity index (χ0) is 33.1. The van der Waals surface area contributed by atoms with Crippen LogP contribution in [0.5, 0.6) is 5.75 Å². The van der Waals surface area contributed by atoms with Crippen LogP contribution in [-0.4, -0.2) is 48.0 Å². The normalized spacial score (nSPS) is 21.0. The van der Waals surface area contributed by atoms with Crippen molar-refractivity contribution < 1.29 is 32.2 Å². The molecule has 0 N–H and O–H groups in total. The molecule has 2 aliphatic rings. The summed E-state index contributed by atoms with van der Waals surface area (Å²) < 4.78 is 52.8. The third-order valence-corrected chi connectivity index (χ3v) is 11.0. The van der Waals surface area contributed by atoms with Gasteiger partial charge in [0.15, 0.2) is 5.78 Å². The second-order valence-electron chi connectivity index (χ2n) is 14.0. The minimum atomic E-state index is -4.63. The largest absolute Gasteiger partial charge is 0.493 e. The quantitative estimate of drug-likeness (QED) is 0.122. The van der Waals surface area contributed by atoms with E-state index < -0.39 is 49.1 Å². The van der Waals surface area contributed by atoms with Crippen LogP contribution in [0.3, 0.4) is 0 Å². The minimum absolute atomic E-state index is 0.0437. The number of nitrogens with zero attached hydrogens (tertiary/aromatic N) is 3. The second kappa shape index (κ2) is 14.1. The number of fused-ring (bicyclic) bond motifs is 1. The Morgan fingerprint density at radius 3 is 2.37 bits per heavy atom. The summed E-state index contributed by atoms with van der Waals surface area (Å²) in [6, 6.07) is 10.5. The third-order valence-electron chi connectivity index (χ3n) is 9.30. The van der Waals surface area contributed by atoms with E-state index in [0.717, 1.165) is 28.9 Å². The smallest absolute Gasteiger partial charge is 0.416 e. The maximum atomic E-state index is 13.8. The van der Waals surface area contributed by atoms with E-state index in [1.165, 1.54) is 32.1 Å². The number of Topliss-reactive ketones (excluding diaryl/α,β-unsaturated/α-hetero) is 1.